The van der Waals surface area contributed by atoms with Crippen molar-refractivity contribution in [1.29, 1.82) is 0 Å². The Hall–Kier alpha value is -2.69. The van der Waals surface area contributed by atoms with Gasteiger partial charge in [0.2, 0.25) is 6.79 Å². The number of nitrogens with one attached hydrogen (secondary N) is 1. The van der Waals surface area contributed by atoms with E-state index in [4.69, 9.17) is 14.2 Å². The summed E-state index contributed by atoms with van der Waals surface area (Å²) in [5.74, 6) is 1.84. The number of rotatable bonds is 4. The second-order valence-electron chi connectivity index (χ2n) is 5.01. The first-order chi connectivity index (χ1) is 10.7. The van der Waals surface area contributed by atoms with Crippen LogP contribution < -0.4 is 19.5 Å². The van der Waals surface area contributed by atoms with Gasteiger partial charge in [-0.3, -0.25) is 4.79 Å². The zero-order valence-electron chi connectivity index (χ0n) is 12.5. The molecule has 0 saturated heterocycles. The highest BCUT2D eigenvalue weighted by atomic mass is 16.7. The fourth-order valence-corrected chi connectivity index (χ4v) is 2.42. The quantitative estimate of drug-likeness (QED) is 0.943. The SMILES string of the molecule is COc1ccccc1C(C)NC(=O)c1ccc2c(c1)OCO2. The van der Waals surface area contributed by atoms with Gasteiger partial charge in [0.25, 0.3) is 5.91 Å². The summed E-state index contributed by atoms with van der Waals surface area (Å²) in [6, 6.07) is 12.6. The molecule has 1 N–H and O–H groups in total. The molecule has 0 aliphatic carbocycles. The highest BCUT2D eigenvalue weighted by Gasteiger charge is 2.18. The molecular formula is C17H17NO4. The van der Waals surface area contributed by atoms with E-state index in [1.54, 1.807) is 25.3 Å². The minimum absolute atomic E-state index is 0.170. The molecule has 0 fully saturated rings. The molecule has 1 heterocycles. The van der Waals surface area contributed by atoms with E-state index >= 15 is 0 Å². The average Bonchev–Trinajstić information content (AvgIpc) is 3.02. The molecule has 3 rings (SSSR count). The van der Waals surface area contributed by atoms with Crippen molar-refractivity contribution in [3.63, 3.8) is 0 Å². The number of ether oxygens (including phenoxy) is 3. The summed E-state index contributed by atoms with van der Waals surface area (Å²) in [6.45, 7) is 2.11. The third-order valence-corrected chi connectivity index (χ3v) is 3.59. The Balaban J connectivity index is 1.76. The lowest BCUT2D eigenvalue weighted by molar-refractivity contribution is 0.0939. The van der Waals surface area contributed by atoms with Gasteiger partial charge in [-0.25, -0.2) is 0 Å². The molecule has 2 aromatic rings. The molecule has 1 aliphatic heterocycles. The van der Waals surface area contributed by atoms with Crippen molar-refractivity contribution in [2.24, 2.45) is 0 Å². The molecule has 0 spiro atoms. The predicted molar refractivity (Wildman–Crippen MR) is 81.4 cm³/mol. The summed E-state index contributed by atoms with van der Waals surface area (Å²) in [5, 5.41) is 2.96. The van der Waals surface area contributed by atoms with Crippen molar-refractivity contribution >= 4 is 5.91 Å². The molecule has 22 heavy (non-hydrogen) atoms. The first-order valence-corrected chi connectivity index (χ1v) is 7.02. The molecule has 0 saturated carbocycles. The van der Waals surface area contributed by atoms with Gasteiger partial charge >= 0.3 is 0 Å². The number of hydrogen-bond donors (Lipinski definition) is 1. The van der Waals surface area contributed by atoms with Crippen molar-refractivity contribution in [3.05, 3.63) is 53.6 Å². The van der Waals surface area contributed by atoms with Gasteiger partial charge in [0, 0.05) is 11.1 Å². The van der Waals surface area contributed by atoms with Crippen LogP contribution in [0.3, 0.4) is 0 Å². The highest BCUT2D eigenvalue weighted by Crippen LogP contribution is 2.32. The van der Waals surface area contributed by atoms with E-state index in [1.807, 2.05) is 31.2 Å². The van der Waals surface area contributed by atoms with Crippen molar-refractivity contribution in [2.75, 3.05) is 13.9 Å². The number of fused-ring (bicyclic) bond motifs is 1. The van der Waals surface area contributed by atoms with Crippen LogP contribution in [0.15, 0.2) is 42.5 Å². The van der Waals surface area contributed by atoms with Gasteiger partial charge in [0.1, 0.15) is 5.75 Å². The molecule has 2 aromatic carbocycles. The normalized spacial score (nSPS) is 13.5. The third-order valence-electron chi connectivity index (χ3n) is 3.59. The summed E-state index contributed by atoms with van der Waals surface area (Å²) in [6.07, 6.45) is 0. The van der Waals surface area contributed by atoms with Crippen LogP contribution in [0.1, 0.15) is 28.9 Å². The number of benzene rings is 2. The van der Waals surface area contributed by atoms with Gasteiger partial charge in [-0.05, 0) is 31.2 Å². The lowest BCUT2D eigenvalue weighted by Crippen LogP contribution is -2.26. The molecule has 5 nitrogen and oxygen atoms in total. The predicted octanol–water partition coefficient (Wildman–Crippen LogP) is 2.91. The van der Waals surface area contributed by atoms with Gasteiger partial charge in [-0.1, -0.05) is 18.2 Å². The molecule has 1 aliphatic rings. The molecular weight excluding hydrogens is 282 g/mol. The van der Waals surface area contributed by atoms with Crippen LogP contribution in [0.4, 0.5) is 0 Å². The van der Waals surface area contributed by atoms with Crippen LogP contribution in [0, 0.1) is 0 Å². The summed E-state index contributed by atoms with van der Waals surface area (Å²) >= 11 is 0. The first kappa shape index (κ1) is 14.3. The Bertz CT molecular complexity index is 699. The van der Waals surface area contributed by atoms with Crippen molar-refractivity contribution in [2.45, 2.75) is 13.0 Å². The first-order valence-electron chi connectivity index (χ1n) is 7.02. The summed E-state index contributed by atoms with van der Waals surface area (Å²) in [5.41, 5.74) is 1.46. The van der Waals surface area contributed by atoms with Crippen molar-refractivity contribution in [1.82, 2.24) is 5.32 Å². The molecule has 0 radical (unpaired) electrons. The van der Waals surface area contributed by atoms with E-state index in [0.29, 0.717) is 17.1 Å². The van der Waals surface area contributed by atoms with Crippen LogP contribution >= 0.6 is 0 Å². The zero-order chi connectivity index (χ0) is 15.5. The molecule has 0 bridgehead atoms. The lowest BCUT2D eigenvalue weighted by atomic mass is 10.1. The fraction of sp³-hybridized carbons (Fsp3) is 0.235. The van der Waals surface area contributed by atoms with E-state index in [0.717, 1.165) is 11.3 Å². The molecule has 114 valence electrons. The smallest absolute Gasteiger partial charge is 0.251 e. The third kappa shape index (κ3) is 2.70. The molecule has 1 amide bonds. The van der Waals surface area contributed by atoms with Crippen LogP contribution in [0.5, 0.6) is 17.2 Å². The van der Waals surface area contributed by atoms with E-state index in [9.17, 15) is 4.79 Å². The summed E-state index contributed by atoms with van der Waals surface area (Å²) < 4.78 is 15.9. The Kier molecular flexibility index (Phi) is 3.87. The highest BCUT2D eigenvalue weighted by molar-refractivity contribution is 5.95. The van der Waals surface area contributed by atoms with Crippen molar-refractivity contribution in [3.8, 4) is 17.2 Å². The number of methoxy groups -OCH3 is 1. The maximum Gasteiger partial charge on any atom is 0.251 e. The van der Waals surface area contributed by atoms with Gasteiger partial charge in [-0.15, -0.1) is 0 Å². The Morgan fingerprint density at radius 1 is 1.18 bits per heavy atom. The number of para-hydroxylation sites is 1. The summed E-state index contributed by atoms with van der Waals surface area (Å²) in [7, 11) is 1.62. The van der Waals surface area contributed by atoms with E-state index < -0.39 is 0 Å². The molecule has 1 unspecified atom stereocenters. The van der Waals surface area contributed by atoms with Gasteiger partial charge in [-0.2, -0.15) is 0 Å². The van der Waals surface area contributed by atoms with E-state index in [1.165, 1.54) is 0 Å². The van der Waals surface area contributed by atoms with Crippen LogP contribution in [-0.2, 0) is 0 Å². The maximum atomic E-state index is 12.4. The van der Waals surface area contributed by atoms with Gasteiger partial charge in [0.05, 0.1) is 13.2 Å². The molecule has 1 atom stereocenters. The van der Waals surface area contributed by atoms with Crippen LogP contribution in [-0.4, -0.2) is 19.8 Å². The summed E-state index contributed by atoms with van der Waals surface area (Å²) in [4.78, 5) is 12.4. The lowest BCUT2D eigenvalue weighted by Gasteiger charge is -2.17. The standard InChI is InChI=1S/C17H17NO4/c1-11(13-5-3-4-6-14(13)20-2)18-17(19)12-7-8-15-16(9-12)22-10-21-15/h3-9,11H,10H2,1-2H3,(H,18,19). The van der Waals surface area contributed by atoms with Crippen LogP contribution in [0.2, 0.25) is 0 Å². The van der Waals surface area contributed by atoms with Gasteiger partial charge < -0.3 is 19.5 Å². The average molecular weight is 299 g/mol. The Morgan fingerprint density at radius 3 is 2.77 bits per heavy atom. The number of carbonyl (C=O) groups is 1. The molecule has 5 heteroatoms. The number of hydrogen-bond acceptors (Lipinski definition) is 4. The topological polar surface area (TPSA) is 56.8 Å². The fourth-order valence-electron chi connectivity index (χ4n) is 2.42. The molecule has 0 aromatic heterocycles. The monoisotopic (exact) mass is 299 g/mol. The largest absolute Gasteiger partial charge is 0.496 e. The second kappa shape index (κ2) is 5.97. The Labute approximate surface area is 128 Å². The minimum Gasteiger partial charge on any atom is -0.496 e. The van der Waals surface area contributed by atoms with E-state index in [-0.39, 0.29) is 18.7 Å². The minimum atomic E-state index is -0.172. The number of carbonyl (C=O) groups excluding carboxylic acids is 1. The van der Waals surface area contributed by atoms with Gasteiger partial charge in [0.15, 0.2) is 11.5 Å². The maximum absolute atomic E-state index is 12.4. The Morgan fingerprint density at radius 2 is 1.95 bits per heavy atom. The second-order valence-corrected chi connectivity index (χ2v) is 5.01. The zero-order valence-corrected chi connectivity index (χ0v) is 12.5. The van der Waals surface area contributed by atoms with Crippen molar-refractivity contribution < 1.29 is 19.0 Å². The van der Waals surface area contributed by atoms with Crippen LogP contribution in [0.25, 0.3) is 0 Å². The number of amides is 1. The van der Waals surface area contributed by atoms with E-state index in [2.05, 4.69) is 5.32 Å².